The van der Waals surface area contributed by atoms with E-state index in [2.05, 4.69) is 38.1 Å². The van der Waals surface area contributed by atoms with E-state index in [0.29, 0.717) is 6.04 Å². The number of aryl methyl sites for hydroxylation is 1. The fourth-order valence-electron chi connectivity index (χ4n) is 2.68. The third-order valence-corrected chi connectivity index (χ3v) is 3.53. The van der Waals surface area contributed by atoms with Gasteiger partial charge in [0.25, 0.3) is 0 Å². The van der Waals surface area contributed by atoms with Crippen LogP contribution in [0.3, 0.4) is 0 Å². The lowest BCUT2D eigenvalue weighted by Gasteiger charge is -2.27. The van der Waals surface area contributed by atoms with Crippen molar-refractivity contribution in [2.24, 2.45) is 7.05 Å². The molecule has 0 amide bonds. The van der Waals surface area contributed by atoms with Gasteiger partial charge in [0.1, 0.15) is 0 Å². The van der Waals surface area contributed by atoms with Crippen molar-refractivity contribution < 1.29 is 4.74 Å². The van der Waals surface area contributed by atoms with E-state index >= 15 is 0 Å². The van der Waals surface area contributed by atoms with Crippen LogP contribution in [-0.2, 0) is 18.3 Å². The summed E-state index contributed by atoms with van der Waals surface area (Å²) in [6, 6.07) is 2.42. The maximum absolute atomic E-state index is 6.06. The first-order valence-electron chi connectivity index (χ1n) is 6.21. The summed E-state index contributed by atoms with van der Waals surface area (Å²) >= 11 is 0. The summed E-state index contributed by atoms with van der Waals surface area (Å²) in [6.07, 6.45) is 2.87. The molecule has 0 aliphatic carbocycles. The minimum Gasteiger partial charge on any atom is -0.368 e. The SMILES string of the molecule is Cn1nccc1CNC1CC(C)(C)OC1(C)C. The van der Waals surface area contributed by atoms with Crippen LogP contribution in [0.25, 0.3) is 0 Å². The molecule has 1 atom stereocenters. The van der Waals surface area contributed by atoms with Gasteiger partial charge in [-0.1, -0.05) is 0 Å². The lowest BCUT2D eigenvalue weighted by molar-refractivity contribution is -0.0699. The first-order chi connectivity index (χ1) is 7.80. The van der Waals surface area contributed by atoms with Crippen molar-refractivity contribution in [1.82, 2.24) is 15.1 Å². The second-order valence-corrected chi connectivity index (χ2v) is 6.05. The Balaban J connectivity index is 1.98. The fourth-order valence-corrected chi connectivity index (χ4v) is 2.68. The molecular weight excluding hydrogens is 214 g/mol. The maximum atomic E-state index is 6.06. The van der Waals surface area contributed by atoms with Crippen LogP contribution in [-0.4, -0.2) is 27.0 Å². The van der Waals surface area contributed by atoms with Crippen molar-refractivity contribution in [3.05, 3.63) is 18.0 Å². The van der Waals surface area contributed by atoms with Crippen LogP contribution in [0.2, 0.25) is 0 Å². The zero-order valence-corrected chi connectivity index (χ0v) is 11.4. The van der Waals surface area contributed by atoms with Gasteiger partial charge in [0.2, 0.25) is 0 Å². The van der Waals surface area contributed by atoms with Gasteiger partial charge in [0.15, 0.2) is 0 Å². The van der Waals surface area contributed by atoms with Gasteiger partial charge in [-0.25, -0.2) is 0 Å². The summed E-state index contributed by atoms with van der Waals surface area (Å²) in [6.45, 7) is 9.45. The van der Waals surface area contributed by atoms with E-state index in [1.807, 2.05) is 24.0 Å². The highest BCUT2D eigenvalue weighted by Crippen LogP contribution is 2.37. The lowest BCUT2D eigenvalue weighted by Crippen LogP contribution is -2.43. The van der Waals surface area contributed by atoms with Crippen LogP contribution in [0.15, 0.2) is 12.3 Å². The lowest BCUT2D eigenvalue weighted by atomic mass is 9.94. The Labute approximate surface area is 103 Å². The van der Waals surface area contributed by atoms with E-state index in [1.165, 1.54) is 5.69 Å². The van der Waals surface area contributed by atoms with Gasteiger partial charge in [-0.3, -0.25) is 4.68 Å². The molecule has 17 heavy (non-hydrogen) atoms. The standard InChI is InChI=1S/C13H23N3O/c1-12(2)8-11(13(3,4)17-12)14-9-10-6-7-15-16(10)5/h6-7,11,14H,8-9H2,1-5H3. The smallest absolute Gasteiger partial charge is 0.0787 e. The summed E-state index contributed by atoms with van der Waals surface area (Å²) in [5, 5.41) is 7.76. The third-order valence-electron chi connectivity index (χ3n) is 3.53. The quantitative estimate of drug-likeness (QED) is 0.872. The second kappa shape index (κ2) is 4.10. The highest BCUT2D eigenvalue weighted by atomic mass is 16.5. The van der Waals surface area contributed by atoms with Gasteiger partial charge in [0.05, 0.1) is 16.9 Å². The minimum absolute atomic E-state index is 0.0341. The molecular formula is C13H23N3O. The molecule has 1 unspecified atom stereocenters. The Hall–Kier alpha value is -0.870. The molecule has 96 valence electrons. The van der Waals surface area contributed by atoms with Crippen molar-refractivity contribution in [2.75, 3.05) is 0 Å². The summed E-state index contributed by atoms with van der Waals surface area (Å²) in [5.41, 5.74) is 1.06. The molecule has 1 aromatic rings. The Morgan fingerprint density at radius 1 is 1.47 bits per heavy atom. The van der Waals surface area contributed by atoms with Crippen molar-refractivity contribution >= 4 is 0 Å². The second-order valence-electron chi connectivity index (χ2n) is 6.05. The zero-order chi connectivity index (χ0) is 12.7. The summed E-state index contributed by atoms with van der Waals surface area (Å²) in [7, 11) is 1.97. The van der Waals surface area contributed by atoms with E-state index in [1.54, 1.807) is 0 Å². The molecule has 1 fully saturated rings. The first kappa shape index (κ1) is 12.6. The average Bonchev–Trinajstić information content (AvgIpc) is 2.64. The molecule has 1 saturated heterocycles. The Kier molecular flexibility index (Phi) is 3.04. The predicted octanol–water partition coefficient (Wildman–Crippen LogP) is 1.86. The van der Waals surface area contributed by atoms with Crippen molar-refractivity contribution in [1.29, 1.82) is 0 Å². The summed E-state index contributed by atoms with van der Waals surface area (Å²) < 4.78 is 7.97. The molecule has 0 saturated carbocycles. The number of hydrogen-bond acceptors (Lipinski definition) is 3. The van der Waals surface area contributed by atoms with E-state index in [0.717, 1.165) is 13.0 Å². The molecule has 0 bridgehead atoms. The third kappa shape index (κ3) is 2.69. The molecule has 1 aromatic heterocycles. The van der Waals surface area contributed by atoms with Crippen LogP contribution < -0.4 is 5.32 Å². The molecule has 4 heteroatoms. The monoisotopic (exact) mass is 237 g/mol. The number of ether oxygens (including phenoxy) is 1. The highest BCUT2D eigenvalue weighted by Gasteiger charge is 2.45. The normalized spacial score (nSPS) is 26.3. The number of hydrogen-bond donors (Lipinski definition) is 1. The topological polar surface area (TPSA) is 39.1 Å². The van der Waals surface area contributed by atoms with Crippen LogP contribution in [0.5, 0.6) is 0 Å². The van der Waals surface area contributed by atoms with Crippen LogP contribution >= 0.6 is 0 Å². The van der Waals surface area contributed by atoms with E-state index in [4.69, 9.17) is 4.74 Å². The number of nitrogens with one attached hydrogen (secondary N) is 1. The Bertz CT molecular complexity index is 395. The van der Waals surface area contributed by atoms with E-state index in [-0.39, 0.29) is 11.2 Å². The van der Waals surface area contributed by atoms with Gasteiger partial charge in [-0.05, 0) is 40.2 Å². The van der Waals surface area contributed by atoms with Crippen molar-refractivity contribution in [3.63, 3.8) is 0 Å². The molecule has 2 rings (SSSR count). The number of aromatic nitrogens is 2. The molecule has 0 aromatic carbocycles. The molecule has 1 N–H and O–H groups in total. The fraction of sp³-hybridized carbons (Fsp3) is 0.769. The van der Waals surface area contributed by atoms with Crippen molar-refractivity contribution in [3.8, 4) is 0 Å². The molecule has 1 aliphatic rings. The molecule has 0 radical (unpaired) electrons. The van der Waals surface area contributed by atoms with Crippen LogP contribution in [0.1, 0.15) is 39.8 Å². The molecule has 0 spiro atoms. The summed E-state index contributed by atoms with van der Waals surface area (Å²) in [4.78, 5) is 0. The number of rotatable bonds is 3. The van der Waals surface area contributed by atoms with E-state index in [9.17, 15) is 0 Å². The van der Waals surface area contributed by atoms with Gasteiger partial charge >= 0.3 is 0 Å². The van der Waals surface area contributed by atoms with Gasteiger partial charge in [0, 0.05) is 25.8 Å². The largest absolute Gasteiger partial charge is 0.368 e. The van der Waals surface area contributed by atoms with Crippen LogP contribution in [0.4, 0.5) is 0 Å². The maximum Gasteiger partial charge on any atom is 0.0787 e. The van der Waals surface area contributed by atoms with Crippen LogP contribution in [0, 0.1) is 0 Å². The molecule has 1 aliphatic heterocycles. The molecule has 2 heterocycles. The Morgan fingerprint density at radius 2 is 2.18 bits per heavy atom. The van der Waals surface area contributed by atoms with Gasteiger partial charge in [-0.15, -0.1) is 0 Å². The van der Waals surface area contributed by atoms with Gasteiger partial charge < -0.3 is 10.1 Å². The van der Waals surface area contributed by atoms with E-state index < -0.39 is 0 Å². The number of nitrogens with zero attached hydrogens (tertiary/aromatic N) is 2. The molecule has 4 nitrogen and oxygen atoms in total. The minimum atomic E-state index is -0.109. The Morgan fingerprint density at radius 3 is 2.65 bits per heavy atom. The van der Waals surface area contributed by atoms with Gasteiger partial charge in [-0.2, -0.15) is 5.10 Å². The first-order valence-corrected chi connectivity index (χ1v) is 6.21. The summed E-state index contributed by atoms with van der Waals surface area (Å²) in [5.74, 6) is 0. The predicted molar refractivity (Wildman–Crippen MR) is 67.7 cm³/mol. The zero-order valence-electron chi connectivity index (χ0n) is 11.4. The van der Waals surface area contributed by atoms with Crippen molar-refractivity contribution in [2.45, 2.75) is 57.9 Å². The average molecular weight is 237 g/mol. The highest BCUT2D eigenvalue weighted by molar-refractivity contribution is 5.03.